The summed E-state index contributed by atoms with van der Waals surface area (Å²) in [6, 6.07) is 11.1. The van der Waals surface area contributed by atoms with Crippen LogP contribution in [0, 0.1) is 0 Å². The number of benzene rings is 1. The lowest BCUT2D eigenvalue weighted by Crippen LogP contribution is -1.88. The molecular weight excluding hydrogens is 226 g/mol. The topological polar surface area (TPSA) is 39.2 Å². The molecule has 18 heavy (non-hydrogen) atoms. The van der Waals surface area contributed by atoms with E-state index in [1.807, 2.05) is 42.5 Å². The summed E-state index contributed by atoms with van der Waals surface area (Å²) in [4.78, 5) is 15.2. The molecule has 0 aliphatic carbocycles. The molecule has 0 atom stereocenters. The second-order valence-corrected chi connectivity index (χ2v) is 3.73. The molecule has 3 nitrogen and oxygen atoms in total. The summed E-state index contributed by atoms with van der Waals surface area (Å²) < 4.78 is 5.08. The molecule has 0 radical (unpaired) electrons. The van der Waals surface area contributed by atoms with Crippen molar-refractivity contribution in [1.82, 2.24) is 4.98 Å². The molecule has 3 heteroatoms. The van der Waals surface area contributed by atoms with Gasteiger partial charge in [-0.25, -0.2) is 0 Å². The summed E-state index contributed by atoms with van der Waals surface area (Å²) in [5.41, 5.74) is 2.37. The van der Waals surface area contributed by atoms with Gasteiger partial charge >= 0.3 is 0 Å². The van der Waals surface area contributed by atoms with E-state index in [-0.39, 0.29) is 0 Å². The number of nitrogens with zero attached hydrogens (tertiary/aromatic N) is 1. The quantitative estimate of drug-likeness (QED) is 0.608. The molecule has 90 valence electrons. The van der Waals surface area contributed by atoms with Crippen LogP contribution in [-0.2, 0) is 4.79 Å². The van der Waals surface area contributed by atoms with Crippen molar-refractivity contribution in [2.24, 2.45) is 0 Å². The predicted octanol–water partition coefficient (Wildman–Crippen LogP) is 2.83. The van der Waals surface area contributed by atoms with E-state index in [1.165, 1.54) is 0 Å². The normalized spacial score (nSPS) is 11.1. The van der Waals surface area contributed by atoms with Crippen molar-refractivity contribution in [3.05, 3.63) is 59.9 Å². The Morgan fingerprint density at radius 2 is 2.00 bits per heavy atom. The number of rotatable bonds is 4. The van der Waals surface area contributed by atoms with Gasteiger partial charge in [-0.05, 0) is 35.4 Å². The van der Waals surface area contributed by atoms with Crippen LogP contribution in [0.2, 0.25) is 0 Å². The highest BCUT2D eigenvalue weighted by Gasteiger charge is 2.01. The van der Waals surface area contributed by atoms with Crippen LogP contribution in [0.25, 0.3) is 11.6 Å². The number of carbonyl (C=O) groups is 1. The Labute approximate surface area is 106 Å². The monoisotopic (exact) mass is 239 g/mol. The summed E-state index contributed by atoms with van der Waals surface area (Å²) >= 11 is 0. The lowest BCUT2D eigenvalue weighted by molar-refractivity contribution is -0.103. The number of allylic oxidation sites excluding steroid dienone is 1. The van der Waals surface area contributed by atoms with Crippen LogP contribution in [-0.4, -0.2) is 18.4 Å². The maximum Gasteiger partial charge on any atom is 0.150 e. The third-order valence-electron chi connectivity index (χ3n) is 2.56. The SMILES string of the molecule is COc1ccc(/C(C=O)=C\c2cccnc2)cc1. The minimum atomic E-state index is 0.616. The Kier molecular flexibility index (Phi) is 3.86. The molecule has 0 aliphatic heterocycles. The third-order valence-corrected chi connectivity index (χ3v) is 2.56. The van der Waals surface area contributed by atoms with Gasteiger partial charge in [0.1, 0.15) is 5.75 Å². The van der Waals surface area contributed by atoms with Gasteiger partial charge in [-0.2, -0.15) is 0 Å². The molecule has 0 saturated carbocycles. The molecule has 0 aliphatic rings. The lowest BCUT2D eigenvalue weighted by Gasteiger charge is -2.03. The highest BCUT2D eigenvalue weighted by molar-refractivity contribution is 6.13. The van der Waals surface area contributed by atoms with Crippen molar-refractivity contribution >= 4 is 17.9 Å². The van der Waals surface area contributed by atoms with Crippen LogP contribution in [0.3, 0.4) is 0 Å². The molecule has 2 rings (SSSR count). The molecule has 1 heterocycles. The Hall–Kier alpha value is -2.42. The van der Waals surface area contributed by atoms with Gasteiger partial charge in [-0.1, -0.05) is 18.2 Å². The maximum absolute atomic E-state index is 11.1. The minimum Gasteiger partial charge on any atom is -0.497 e. The van der Waals surface area contributed by atoms with Gasteiger partial charge in [-0.3, -0.25) is 9.78 Å². The van der Waals surface area contributed by atoms with Gasteiger partial charge in [0.05, 0.1) is 7.11 Å². The number of methoxy groups -OCH3 is 1. The largest absolute Gasteiger partial charge is 0.497 e. The number of carbonyl (C=O) groups excluding carboxylic acids is 1. The summed E-state index contributed by atoms with van der Waals surface area (Å²) in [6.45, 7) is 0. The number of hydrogen-bond acceptors (Lipinski definition) is 3. The molecule has 0 fully saturated rings. The van der Waals surface area contributed by atoms with Crippen molar-refractivity contribution in [2.45, 2.75) is 0 Å². The van der Waals surface area contributed by atoms with Crippen LogP contribution in [0.5, 0.6) is 5.75 Å². The highest BCUT2D eigenvalue weighted by atomic mass is 16.5. The van der Waals surface area contributed by atoms with E-state index in [2.05, 4.69) is 4.98 Å². The van der Waals surface area contributed by atoms with Crippen LogP contribution in [0.15, 0.2) is 48.8 Å². The van der Waals surface area contributed by atoms with E-state index >= 15 is 0 Å². The molecule has 0 N–H and O–H groups in total. The predicted molar refractivity (Wildman–Crippen MR) is 71.2 cm³/mol. The molecule has 1 aromatic carbocycles. The first kappa shape index (κ1) is 12.0. The fourth-order valence-electron chi connectivity index (χ4n) is 1.61. The average molecular weight is 239 g/mol. The molecular formula is C15H13NO2. The number of hydrogen-bond donors (Lipinski definition) is 0. The van der Waals surface area contributed by atoms with Gasteiger partial charge < -0.3 is 4.74 Å². The van der Waals surface area contributed by atoms with E-state index in [0.717, 1.165) is 23.2 Å². The number of ether oxygens (including phenoxy) is 1. The Morgan fingerprint density at radius 3 is 2.56 bits per heavy atom. The van der Waals surface area contributed by atoms with Crippen LogP contribution >= 0.6 is 0 Å². The van der Waals surface area contributed by atoms with Crippen molar-refractivity contribution < 1.29 is 9.53 Å². The van der Waals surface area contributed by atoms with Crippen LogP contribution < -0.4 is 4.74 Å². The summed E-state index contributed by atoms with van der Waals surface area (Å²) in [6.07, 6.45) is 6.06. The van der Waals surface area contributed by atoms with E-state index in [0.29, 0.717) is 5.57 Å². The van der Waals surface area contributed by atoms with Crippen molar-refractivity contribution in [3.8, 4) is 5.75 Å². The second kappa shape index (κ2) is 5.77. The maximum atomic E-state index is 11.1. The molecule has 0 unspecified atom stereocenters. The van der Waals surface area contributed by atoms with E-state index < -0.39 is 0 Å². The zero-order valence-corrected chi connectivity index (χ0v) is 10.0. The van der Waals surface area contributed by atoms with E-state index in [9.17, 15) is 4.79 Å². The Bertz CT molecular complexity index is 544. The first-order valence-corrected chi connectivity index (χ1v) is 5.55. The first-order valence-electron chi connectivity index (χ1n) is 5.55. The van der Waals surface area contributed by atoms with Gasteiger partial charge in [0.2, 0.25) is 0 Å². The average Bonchev–Trinajstić information content (AvgIpc) is 2.46. The number of aromatic nitrogens is 1. The Balaban J connectivity index is 2.33. The molecule has 0 spiro atoms. The fraction of sp³-hybridized carbons (Fsp3) is 0.0667. The molecule has 2 aromatic rings. The minimum absolute atomic E-state index is 0.616. The summed E-state index contributed by atoms with van der Waals surface area (Å²) in [5.74, 6) is 0.769. The van der Waals surface area contributed by atoms with E-state index in [4.69, 9.17) is 4.74 Å². The molecule has 0 bridgehead atoms. The van der Waals surface area contributed by atoms with Gasteiger partial charge in [0, 0.05) is 18.0 Å². The summed E-state index contributed by atoms with van der Waals surface area (Å²) in [5, 5.41) is 0. The second-order valence-electron chi connectivity index (χ2n) is 3.73. The Morgan fingerprint density at radius 1 is 1.22 bits per heavy atom. The standard InChI is InChI=1S/C15H13NO2/c1-18-15-6-4-13(5-7-15)14(11-17)9-12-3-2-8-16-10-12/h2-11H,1H3/b14-9-. The molecule has 1 aromatic heterocycles. The van der Waals surface area contributed by atoms with E-state index in [1.54, 1.807) is 19.5 Å². The van der Waals surface area contributed by atoms with Crippen molar-refractivity contribution in [2.75, 3.05) is 7.11 Å². The smallest absolute Gasteiger partial charge is 0.150 e. The first-order chi connectivity index (χ1) is 8.83. The zero-order chi connectivity index (χ0) is 12.8. The molecule has 0 saturated heterocycles. The number of aldehydes is 1. The third kappa shape index (κ3) is 2.83. The van der Waals surface area contributed by atoms with Crippen molar-refractivity contribution in [3.63, 3.8) is 0 Å². The number of pyridine rings is 1. The van der Waals surface area contributed by atoms with Crippen LogP contribution in [0.1, 0.15) is 11.1 Å². The van der Waals surface area contributed by atoms with Crippen LogP contribution in [0.4, 0.5) is 0 Å². The fourth-order valence-corrected chi connectivity index (χ4v) is 1.61. The highest BCUT2D eigenvalue weighted by Crippen LogP contribution is 2.19. The van der Waals surface area contributed by atoms with Crippen molar-refractivity contribution in [1.29, 1.82) is 0 Å². The lowest BCUT2D eigenvalue weighted by atomic mass is 10.0. The zero-order valence-electron chi connectivity index (χ0n) is 10.0. The molecule has 0 amide bonds. The van der Waals surface area contributed by atoms with Gasteiger partial charge in [-0.15, -0.1) is 0 Å². The summed E-state index contributed by atoms with van der Waals surface area (Å²) in [7, 11) is 1.61. The van der Waals surface area contributed by atoms with Gasteiger partial charge in [0.15, 0.2) is 6.29 Å². The van der Waals surface area contributed by atoms with Gasteiger partial charge in [0.25, 0.3) is 0 Å².